The number of hydrogen-bond donors (Lipinski definition) is 2. The quantitative estimate of drug-likeness (QED) is 0.495. The molecule has 0 unspecified atom stereocenters. The molecular formula is C21H24N4O3S2. The van der Waals surface area contributed by atoms with Crippen LogP contribution in [0.2, 0.25) is 0 Å². The molecule has 4 rings (SSSR count). The van der Waals surface area contributed by atoms with Gasteiger partial charge in [-0.25, -0.2) is 18.1 Å². The second kappa shape index (κ2) is 8.79. The molecule has 1 aromatic heterocycles. The van der Waals surface area contributed by atoms with Crippen LogP contribution >= 0.6 is 11.8 Å². The van der Waals surface area contributed by atoms with E-state index in [0.29, 0.717) is 6.54 Å². The zero-order valence-electron chi connectivity index (χ0n) is 16.7. The highest BCUT2D eigenvalue weighted by Gasteiger charge is 2.27. The van der Waals surface area contributed by atoms with Gasteiger partial charge in [-0.2, -0.15) is 0 Å². The van der Waals surface area contributed by atoms with Gasteiger partial charge in [0, 0.05) is 19.1 Å². The number of benzene rings is 2. The van der Waals surface area contributed by atoms with Crippen LogP contribution in [0.5, 0.6) is 0 Å². The Labute approximate surface area is 180 Å². The number of hydrogen-bond acceptors (Lipinski definition) is 5. The molecule has 1 amide bonds. The molecule has 1 heterocycles. The zero-order valence-corrected chi connectivity index (χ0v) is 18.3. The molecule has 0 spiro atoms. The summed E-state index contributed by atoms with van der Waals surface area (Å²) in [6.07, 6.45) is 1.80. The molecule has 0 bridgehead atoms. The maximum Gasteiger partial charge on any atom is 0.240 e. The largest absolute Gasteiger partial charge is 0.351 e. The number of nitrogens with one attached hydrogen (secondary N) is 2. The predicted octanol–water partition coefficient (Wildman–Crippen LogP) is 2.91. The van der Waals surface area contributed by atoms with E-state index in [-0.39, 0.29) is 22.6 Å². The molecule has 30 heavy (non-hydrogen) atoms. The molecule has 2 aromatic carbocycles. The Morgan fingerprint density at radius 2 is 1.90 bits per heavy atom. The minimum Gasteiger partial charge on any atom is -0.351 e. The number of sulfonamides is 1. The van der Waals surface area contributed by atoms with Gasteiger partial charge < -0.3 is 9.88 Å². The number of aryl methyl sites for hydroxylation is 1. The highest BCUT2D eigenvalue weighted by atomic mass is 32.2. The summed E-state index contributed by atoms with van der Waals surface area (Å²) < 4.78 is 29.2. The highest BCUT2D eigenvalue weighted by Crippen LogP contribution is 2.24. The van der Waals surface area contributed by atoms with Crippen molar-refractivity contribution in [1.82, 2.24) is 19.6 Å². The van der Waals surface area contributed by atoms with Crippen LogP contribution in [-0.2, 0) is 27.9 Å². The van der Waals surface area contributed by atoms with E-state index in [1.165, 1.54) is 11.8 Å². The summed E-state index contributed by atoms with van der Waals surface area (Å²) in [5.41, 5.74) is 2.84. The molecule has 1 aliphatic rings. The van der Waals surface area contributed by atoms with Gasteiger partial charge in [-0.1, -0.05) is 36.0 Å². The Bertz CT molecular complexity index is 1150. The number of amides is 1. The van der Waals surface area contributed by atoms with Crippen LogP contribution < -0.4 is 10.0 Å². The molecule has 3 aromatic rings. The second-order valence-electron chi connectivity index (χ2n) is 7.23. The van der Waals surface area contributed by atoms with E-state index in [1.807, 2.05) is 24.3 Å². The first-order valence-electron chi connectivity index (χ1n) is 9.92. The molecule has 158 valence electrons. The summed E-state index contributed by atoms with van der Waals surface area (Å²) >= 11 is 1.41. The monoisotopic (exact) mass is 444 g/mol. The summed E-state index contributed by atoms with van der Waals surface area (Å²) in [6, 6.07) is 14.6. The predicted molar refractivity (Wildman–Crippen MR) is 118 cm³/mol. The summed E-state index contributed by atoms with van der Waals surface area (Å²) in [5, 5.41) is 3.70. The lowest BCUT2D eigenvalue weighted by Crippen LogP contribution is -2.26. The van der Waals surface area contributed by atoms with Crippen molar-refractivity contribution in [3.63, 3.8) is 0 Å². The molecule has 0 atom stereocenters. The van der Waals surface area contributed by atoms with E-state index >= 15 is 0 Å². The minimum atomic E-state index is -3.45. The van der Waals surface area contributed by atoms with Gasteiger partial charge in [-0.3, -0.25) is 4.79 Å². The van der Waals surface area contributed by atoms with E-state index in [2.05, 4.69) is 26.5 Å². The maximum atomic E-state index is 12.3. The fourth-order valence-corrected chi connectivity index (χ4v) is 5.34. The van der Waals surface area contributed by atoms with Crippen molar-refractivity contribution in [3.05, 3.63) is 54.1 Å². The van der Waals surface area contributed by atoms with Crippen molar-refractivity contribution in [2.75, 3.05) is 5.75 Å². The van der Waals surface area contributed by atoms with Gasteiger partial charge in [0.05, 0.1) is 21.7 Å². The molecule has 1 saturated carbocycles. The van der Waals surface area contributed by atoms with Crippen molar-refractivity contribution < 1.29 is 13.2 Å². The normalized spacial score (nSPS) is 14.2. The van der Waals surface area contributed by atoms with Crippen LogP contribution in [0.3, 0.4) is 0 Å². The smallest absolute Gasteiger partial charge is 0.240 e. The van der Waals surface area contributed by atoms with Crippen molar-refractivity contribution in [2.45, 2.75) is 48.9 Å². The lowest BCUT2D eigenvalue weighted by Gasteiger charge is -2.08. The van der Waals surface area contributed by atoms with Gasteiger partial charge in [0.2, 0.25) is 15.9 Å². The van der Waals surface area contributed by atoms with Crippen molar-refractivity contribution >= 4 is 38.7 Å². The van der Waals surface area contributed by atoms with Gasteiger partial charge in [-0.05, 0) is 49.6 Å². The van der Waals surface area contributed by atoms with Crippen LogP contribution in [0.4, 0.5) is 0 Å². The van der Waals surface area contributed by atoms with E-state index in [1.54, 1.807) is 24.3 Å². The summed E-state index contributed by atoms with van der Waals surface area (Å²) in [6.45, 7) is 3.19. The van der Waals surface area contributed by atoms with E-state index < -0.39 is 10.0 Å². The topological polar surface area (TPSA) is 93.1 Å². The average molecular weight is 445 g/mol. The second-order valence-corrected chi connectivity index (χ2v) is 9.89. The Morgan fingerprint density at radius 1 is 1.17 bits per heavy atom. The summed E-state index contributed by atoms with van der Waals surface area (Å²) in [7, 11) is -3.45. The Kier molecular flexibility index (Phi) is 6.12. The fourth-order valence-electron chi connectivity index (χ4n) is 3.13. The Balaban J connectivity index is 1.31. The number of thioether (sulfide) groups is 1. The lowest BCUT2D eigenvalue weighted by atomic mass is 10.2. The number of aromatic nitrogens is 2. The first kappa shape index (κ1) is 20.9. The van der Waals surface area contributed by atoms with Crippen LogP contribution in [-0.4, -0.2) is 35.7 Å². The van der Waals surface area contributed by atoms with E-state index in [9.17, 15) is 13.2 Å². The third-order valence-electron chi connectivity index (χ3n) is 4.89. The van der Waals surface area contributed by atoms with Crippen molar-refractivity contribution in [1.29, 1.82) is 0 Å². The molecule has 0 saturated heterocycles. The third-order valence-corrected chi connectivity index (χ3v) is 7.40. The van der Waals surface area contributed by atoms with Crippen LogP contribution in [0.15, 0.2) is 58.6 Å². The number of imidazole rings is 1. The molecule has 0 radical (unpaired) electrons. The van der Waals surface area contributed by atoms with Gasteiger partial charge in [0.25, 0.3) is 0 Å². The summed E-state index contributed by atoms with van der Waals surface area (Å²) in [5.74, 6) is 0.169. The van der Waals surface area contributed by atoms with Crippen LogP contribution in [0, 0.1) is 0 Å². The first-order chi connectivity index (χ1) is 14.5. The minimum absolute atomic E-state index is 0.0763. The van der Waals surface area contributed by atoms with Crippen molar-refractivity contribution in [2.24, 2.45) is 0 Å². The lowest BCUT2D eigenvalue weighted by molar-refractivity contribution is -0.118. The van der Waals surface area contributed by atoms with Gasteiger partial charge >= 0.3 is 0 Å². The molecule has 1 aliphatic carbocycles. The SMILES string of the molecule is CCn1c(SCC(=O)NCc2ccc(S(=O)(=O)NC3CC3)cc2)nc2ccccc21. The maximum absolute atomic E-state index is 12.3. The molecule has 9 heteroatoms. The molecular weight excluding hydrogens is 420 g/mol. The Hall–Kier alpha value is -2.36. The number of para-hydroxylation sites is 2. The molecule has 2 N–H and O–H groups in total. The van der Waals surface area contributed by atoms with Gasteiger partial charge in [0.1, 0.15) is 0 Å². The number of nitrogens with zero attached hydrogens (tertiary/aromatic N) is 2. The van der Waals surface area contributed by atoms with E-state index in [4.69, 9.17) is 0 Å². The molecule has 1 fully saturated rings. The summed E-state index contributed by atoms with van der Waals surface area (Å²) in [4.78, 5) is 17.1. The highest BCUT2D eigenvalue weighted by molar-refractivity contribution is 7.99. The number of fused-ring (bicyclic) bond motifs is 1. The van der Waals surface area contributed by atoms with Gasteiger partial charge in [-0.15, -0.1) is 0 Å². The van der Waals surface area contributed by atoms with Gasteiger partial charge in [0.15, 0.2) is 5.16 Å². The Morgan fingerprint density at radius 3 is 2.60 bits per heavy atom. The van der Waals surface area contributed by atoms with Crippen LogP contribution in [0.25, 0.3) is 11.0 Å². The molecule has 7 nitrogen and oxygen atoms in total. The fraction of sp³-hybridized carbons (Fsp3) is 0.333. The number of rotatable bonds is 9. The third kappa shape index (κ3) is 4.85. The average Bonchev–Trinajstić information content (AvgIpc) is 3.47. The van der Waals surface area contributed by atoms with Crippen LogP contribution in [0.1, 0.15) is 25.3 Å². The number of carbonyl (C=O) groups excluding carboxylic acids is 1. The first-order valence-corrected chi connectivity index (χ1v) is 12.4. The van der Waals surface area contributed by atoms with Crippen molar-refractivity contribution in [3.8, 4) is 0 Å². The molecule has 0 aliphatic heterocycles. The standard InChI is InChI=1S/C21H24N4O3S2/c1-2-25-19-6-4-3-5-18(19)23-21(25)29-14-20(26)22-13-15-7-11-17(12-8-15)30(27,28)24-16-9-10-16/h3-8,11-12,16,24H,2,9-10,13-14H2,1H3,(H,22,26). The number of carbonyl (C=O) groups is 1. The zero-order chi connectivity index (χ0) is 21.1. The van der Waals surface area contributed by atoms with E-state index in [0.717, 1.165) is 41.1 Å².